The first-order valence-electron chi connectivity index (χ1n) is 7.27. The molecule has 0 bridgehead atoms. The second-order valence-electron chi connectivity index (χ2n) is 4.94. The zero-order valence-corrected chi connectivity index (χ0v) is 16.1. The lowest BCUT2D eigenvalue weighted by Gasteiger charge is -2.12. The van der Waals surface area contributed by atoms with Gasteiger partial charge in [-0.1, -0.05) is 36.0 Å². The van der Waals surface area contributed by atoms with Gasteiger partial charge < -0.3 is 0 Å². The molecular formula is C17H12BN2S4. The maximum absolute atomic E-state index is 4.83. The number of nitrogens with zero attached hydrogens (tertiary/aromatic N) is 2. The van der Waals surface area contributed by atoms with Crippen LogP contribution in [0.1, 0.15) is 0 Å². The second-order valence-corrected chi connectivity index (χ2v) is 8.58. The van der Waals surface area contributed by atoms with Gasteiger partial charge in [-0.3, -0.25) is 0 Å². The van der Waals surface area contributed by atoms with Crippen molar-refractivity contribution in [2.24, 2.45) is 0 Å². The van der Waals surface area contributed by atoms with Gasteiger partial charge in [-0.2, -0.15) is 11.3 Å². The van der Waals surface area contributed by atoms with E-state index in [9.17, 15) is 0 Å². The van der Waals surface area contributed by atoms with Gasteiger partial charge in [-0.15, -0.1) is 22.7 Å². The largest absolute Gasteiger partial charge is 0.222 e. The quantitative estimate of drug-likeness (QED) is 0.291. The molecule has 0 saturated carbocycles. The second kappa shape index (κ2) is 7.23. The maximum atomic E-state index is 4.83. The molecule has 7 heteroatoms. The zero-order chi connectivity index (χ0) is 16.4. The zero-order valence-electron chi connectivity index (χ0n) is 12.8. The Bertz CT molecular complexity index is 861. The van der Waals surface area contributed by atoms with Crippen LogP contribution in [0.25, 0.3) is 21.1 Å². The fourth-order valence-electron chi connectivity index (χ4n) is 2.39. The Labute approximate surface area is 157 Å². The van der Waals surface area contributed by atoms with E-state index in [0.29, 0.717) is 0 Å². The van der Waals surface area contributed by atoms with Crippen LogP contribution in [0.3, 0.4) is 0 Å². The molecule has 0 aliphatic carbocycles. The van der Waals surface area contributed by atoms with Crippen molar-refractivity contribution in [3.8, 4) is 21.1 Å². The Hall–Kier alpha value is -1.41. The van der Waals surface area contributed by atoms with Crippen LogP contribution in [-0.2, 0) is 0 Å². The molecule has 24 heavy (non-hydrogen) atoms. The first-order valence-corrected chi connectivity index (χ1v) is 11.1. The molecule has 0 spiro atoms. The normalized spacial score (nSPS) is 10.9. The summed E-state index contributed by atoms with van der Waals surface area (Å²) in [6, 6.07) is 12.6. The van der Waals surface area contributed by atoms with Gasteiger partial charge in [0.1, 0.15) is 0 Å². The van der Waals surface area contributed by atoms with E-state index >= 15 is 0 Å². The summed E-state index contributed by atoms with van der Waals surface area (Å²) < 4.78 is 1.21. The highest BCUT2D eigenvalue weighted by molar-refractivity contribution is 7.98. The molecule has 0 atom stereocenters. The third kappa shape index (κ3) is 3.21. The summed E-state index contributed by atoms with van der Waals surface area (Å²) in [5.74, 6) is 0. The van der Waals surface area contributed by atoms with Gasteiger partial charge >= 0.3 is 0 Å². The molecule has 4 heterocycles. The summed E-state index contributed by atoms with van der Waals surface area (Å²) in [6.45, 7) is 0. The number of thiophene rings is 3. The average molecular weight is 383 g/mol. The minimum Gasteiger partial charge on any atom is -0.222 e. The van der Waals surface area contributed by atoms with Gasteiger partial charge in [0.2, 0.25) is 7.28 Å². The molecule has 0 amide bonds. The van der Waals surface area contributed by atoms with E-state index in [1.807, 2.05) is 6.26 Å². The number of rotatable bonds is 5. The Kier molecular flexibility index (Phi) is 4.84. The maximum Gasteiger partial charge on any atom is 0.211 e. The van der Waals surface area contributed by atoms with Crippen molar-refractivity contribution in [2.75, 3.05) is 6.26 Å². The van der Waals surface area contributed by atoms with Crippen LogP contribution in [0.4, 0.5) is 0 Å². The summed E-state index contributed by atoms with van der Waals surface area (Å²) in [5.41, 5.74) is 3.13. The lowest BCUT2D eigenvalue weighted by atomic mass is 9.66. The average Bonchev–Trinajstić information content (AvgIpc) is 3.37. The number of aromatic nitrogens is 2. The molecule has 0 unspecified atom stereocenters. The van der Waals surface area contributed by atoms with E-state index in [0.717, 1.165) is 22.0 Å². The molecular weight excluding hydrogens is 371 g/mol. The van der Waals surface area contributed by atoms with Crippen molar-refractivity contribution in [3.63, 3.8) is 0 Å². The van der Waals surface area contributed by atoms with Gasteiger partial charge in [0.25, 0.3) is 0 Å². The predicted molar refractivity (Wildman–Crippen MR) is 110 cm³/mol. The van der Waals surface area contributed by atoms with E-state index < -0.39 is 0 Å². The van der Waals surface area contributed by atoms with Crippen LogP contribution in [0.2, 0.25) is 0 Å². The Morgan fingerprint density at radius 2 is 1.42 bits per heavy atom. The fraction of sp³-hybridized carbons (Fsp3) is 0.0588. The van der Waals surface area contributed by atoms with Crippen LogP contribution >= 0.6 is 45.8 Å². The highest BCUT2D eigenvalue weighted by Gasteiger charge is 2.20. The highest BCUT2D eigenvalue weighted by Crippen LogP contribution is 2.29. The summed E-state index contributed by atoms with van der Waals surface area (Å²) in [5, 5.41) is 7.09. The van der Waals surface area contributed by atoms with Crippen LogP contribution in [-0.4, -0.2) is 23.5 Å². The van der Waals surface area contributed by atoms with E-state index in [1.54, 1.807) is 45.8 Å². The Morgan fingerprint density at radius 1 is 0.833 bits per heavy atom. The van der Waals surface area contributed by atoms with Crippen molar-refractivity contribution in [2.45, 2.75) is 5.16 Å². The molecule has 4 aromatic rings. The first kappa shape index (κ1) is 16.1. The number of hydrogen-bond acceptors (Lipinski definition) is 6. The lowest BCUT2D eigenvalue weighted by molar-refractivity contribution is 0.994. The fourth-order valence-corrected chi connectivity index (χ4v) is 4.87. The van der Waals surface area contributed by atoms with E-state index in [2.05, 4.69) is 59.8 Å². The summed E-state index contributed by atoms with van der Waals surface area (Å²) >= 11 is 6.74. The molecule has 4 rings (SSSR count). The molecule has 0 aliphatic heterocycles. The van der Waals surface area contributed by atoms with Crippen molar-refractivity contribution in [1.82, 2.24) is 9.97 Å². The number of thioether (sulfide) groups is 1. The van der Waals surface area contributed by atoms with Crippen molar-refractivity contribution >= 4 is 63.3 Å². The topological polar surface area (TPSA) is 25.8 Å². The Morgan fingerprint density at radius 3 is 1.88 bits per heavy atom. The van der Waals surface area contributed by atoms with Gasteiger partial charge in [-0.05, 0) is 44.8 Å². The van der Waals surface area contributed by atoms with Crippen LogP contribution in [0.5, 0.6) is 0 Å². The third-order valence-electron chi connectivity index (χ3n) is 3.45. The van der Waals surface area contributed by atoms with E-state index in [4.69, 9.17) is 9.97 Å². The summed E-state index contributed by atoms with van der Waals surface area (Å²) in [7, 11) is 2.21. The van der Waals surface area contributed by atoms with Crippen molar-refractivity contribution in [3.05, 3.63) is 52.5 Å². The monoisotopic (exact) mass is 383 g/mol. The third-order valence-corrected chi connectivity index (χ3v) is 6.57. The molecule has 4 aromatic heterocycles. The summed E-state index contributed by atoms with van der Waals surface area (Å²) in [6.07, 6.45) is 2.02. The Balaban J connectivity index is 1.95. The highest BCUT2D eigenvalue weighted by atomic mass is 32.2. The van der Waals surface area contributed by atoms with Crippen LogP contribution in [0, 0.1) is 0 Å². The van der Waals surface area contributed by atoms with Crippen LogP contribution < -0.4 is 10.2 Å². The minimum atomic E-state index is 0.810. The molecule has 2 nitrogen and oxygen atoms in total. The standard InChI is InChI=1S/C17H12BN2S4/c1-21-17-19-15(11-5-2-8-22-11)14(18-13-7-4-10-24-13)16(20-17)12-6-3-9-23-12/h2-10H,1H3. The molecule has 0 saturated heterocycles. The first-order chi connectivity index (χ1) is 11.8. The van der Waals surface area contributed by atoms with Gasteiger partial charge in [-0.25, -0.2) is 9.97 Å². The van der Waals surface area contributed by atoms with Crippen molar-refractivity contribution < 1.29 is 0 Å². The number of hydrogen-bond donors (Lipinski definition) is 0. The molecule has 0 fully saturated rings. The lowest BCUT2D eigenvalue weighted by Crippen LogP contribution is -2.30. The van der Waals surface area contributed by atoms with Crippen molar-refractivity contribution in [1.29, 1.82) is 0 Å². The van der Waals surface area contributed by atoms with Crippen LogP contribution in [0.15, 0.2) is 57.7 Å². The molecule has 1 radical (unpaired) electrons. The molecule has 0 N–H and O–H groups in total. The molecule has 117 valence electrons. The van der Waals surface area contributed by atoms with Gasteiger partial charge in [0.05, 0.1) is 21.1 Å². The molecule has 0 aromatic carbocycles. The van der Waals surface area contributed by atoms with E-state index in [1.165, 1.54) is 14.5 Å². The van der Waals surface area contributed by atoms with Gasteiger partial charge in [0.15, 0.2) is 5.16 Å². The molecule has 0 aliphatic rings. The smallest absolute Gasteiger partial charge is 0.211 e. The van der Waals surface area contributed by atoms with E-state index in [-0.39, 0.29) is 0 Å². The van der Waals surface area contributed by atoms with Gasteiger partial charge in [0, 0.05) is 0 Å². The summed E-state index contributed by atoms with van der Waals surface area (Å²) in [4.78, 5) is 12.0. The SMILES string of the molecule is CSc1nc(-c2cccs2)c([B]c2cccs2)c(-c2cccs2)n1. The minimum absolute atomic E-state index is 0.810. The predicted octanol–water partition coefficient (Wildman–Crippen LogP) is 4.37.